The Kier molecular flexibility index (Phi) is 6.52. The molecule has 0 aromatic heterocycles. The van der Waals surface area contributed by atoms with Gasteiger partial charge in [-0.2, -0.15) is 0 Å². The van der Waals surface area contributed by atoms with Gasteiger partial charge in [0.25, 0.3) is 0 Å². The molecule has 3 aromatic carbocycles. The molecule has 3 N–H and O–H groups in total. The highest BCUT2D eigenvalue weighted by atomic mass is 16.5. The van der Waals surface area contributed by atoms with Crippen molar-refractivity contribution in [3.63, 3.8) is 0 Å². The molecule has 6 nitrogen and oxygen atoms in total. The van der Waals surface area contributed by atoms with Crippen LogP contribution in [0.3, 0.4) is 0 Å². The summed E-state index contributed by atoms with van der Waals surface area (Å²) in [5, 5.41) is 22.1. The zero-order valence-electron chi connectivity index (χ0n) is 17.5. The van der Waals surface area contributed by atoms with Gasteiger partial charge in [0.05, 0.1) is 18.6 Å². The summed E-state index contributed by atoms with van der Waals surface area (Å²) in [6.07, 6.45) is -2.11. The number of hydrogen-bond donors (Lipinski definition) is 3. The van der Waals surface area contributed by atoms with Crippen LogP contribution < -0.4 is 5.32 Å². The SMILES string of the molecule is O=C(O)C[C@@H](O)[C@@H](Cc1ccccc1)NC(=O)OCC1c2ccccc2-c2ccccc21. The minimum Gasteiger partial charge on any atom is -0.481 e. The maximum absolute atomic E-state index is 12.6. The summed E-state index contributed by atoms with van der Waals surface area (Å²) in [5.41, 5.74) is 5.36. The van der Waals surface area contributed by atoms with Crippen LogP contribution in [0.25, 0.3) is 11.1 Å². The van der Waals surface area contributed by atoms with Gasteiger partial charge in [0, 0.05) is 5.92 Å². The number of aliphatic carboxylic acids is 1. The van der Waals surface area contributed by atoms with Crippen molar-refractivity contribution in [1.29, 1.82) is 0 Å². The molecule has 1 aliphatic carbocycles. The number of fused-ring (bicyclic) bond motifs is 3. The Morgan fingerprint density at radius 3 is 2.03 bits per heavy atom. The number of benzene rings is 3. The van der Waals surface area contributed by atoms with Crippen LogP contribution in [-0.4, -0.2) is 41.0 Å². The highest BCUT2D eigenvalue weighted by molar-refractivity contribution is 5.79. The highest BCUT2D eigenvalue weighted by Gasteiger charge is 2.30. The van der Waals surface area contributed by atoms with E-state index >= 15 is 0 Å². The second-order valence-electron chi connectivity index (χ2n) is 7.93. The second kappa shape index (κ2) is 9.66. The van der Waals surface area contributed by atoms with Gasteiger partial charge in [-0.1, -0.05) is 78.9 Å². The zero-order chi connectivity index (χ0) is 22.5. The third-order valence-corrected chi connectivity index (χ3v) is 5.79. The molecule has 0 bridgehead atoms. The lowest BCUT2D eigenvalue weighted by Crippen LogP contribution is -2.46. The molecule has 32 heavy (non-hydrogen) atoms. The molecule has 3 aromatic rings. The number of carboxylic acids is 1. The van der Waals surface area contributed by atoms with Crippen molar-refractivity contribution in [3.8, 4) is 11.1 Å². The fraction of sp³-hybridized carbons (Fsp3) is 0.231. The number of hydrogen-bond acceptors (Lipinski definition) is 4. The van der Waals surface area contributed by atoms with Crippen LogP contribution in [0.1, 0.15) is 29.0 Å². The Balaban J connectivity index is 1.45. The minimum atomic E-state index is -1.24. The van der Waals surface area contributed by atoms with E-state index in [4.69, 9.17) is 9.84 Å². The largest absolute Gasteiger partial charge is 0.481 e. The molecular weight excluding hydrogens is 406 g/mol. The van der Waals surface area contributed by atoms with Crippen molar-refractivity contribution in [3.05, 3.63) is 95.6 Å². The first-order chi connectivity index (χ1) is 15.5. The van der Waals surface area contributed by atoms with Gasteiger partial charge in [-0.3, -0.25) is 4.79 Å². The molecule has 0 aliphatic heterocycles. The van der Waals surface area contributed by atoms with Crippen molar-refractivity contribution >= 4 is 12.1 Å². The molecule has 164 valence electrons. The van der Waals surface area contributed by atoms with Crippen LogP contribution >= 0.6 is 0 Å². The molecular formula is C26H25NO5. The summed E-state index contributed by atoms with van der Waals surface area (Å²) in [6.45, 7) is 0.146. The van der Waals surface area contributed by atoms with Crippen molar-refractivity contribution in [2.24, 2.45) is 0 Å². The Bertz CT molecular complexity index is 1050. The van der Waals surface area contributed by atoms with Gasteiger partial charge in [0.1, 0.15) is 6.61 Å². The molecule has 4 rings (SSSR count). The summed E-state index contributed by atoms with van der Waals surface area (Å²) in [7, 11) is 0. The minimum absolute atomic E-state index is 0.0790. The van der Waals surface area contributed by atoms with E-state index in [-0.39, 0.29) is 12.5 Å². The predicted octanol–water partition coefficient (Wildman–Crippen LogP) is 3.97. The standard InChI is InChI=1S/C26H25NO5/c28-24(15-25(29)30)23(14-17-8-2-1-3-9-17)27-26(31)32-16-22-20-12-6-4-10-18(20)19-11-5-7-13-21(19)22/h1-13,22-24,28H,14-16H2,(H,27,31)(H,29,30)/t23-,24-/m1/s1. The van der Waals surface area contributed by atoms with Gasteiger partial charge in [-0.25, -0.2) is 4.79 Å². The van der Waals surface area contributed by atoms with Gasteiger partial charge in [-0.05, 0) is 34.2 Å². The monoisotopic (exact) mass is 431 g/mol. The van der Waals surface area contributed by atoms with E-state index in [2.05, 4.69) is 17.4 Å². The fourth-order valence-electron chi connectivity index (χ4n) is 4.26. The first kappa shape index (κ1) is 21.6. The quantitative estimate of drug-likeness (QED) is 0.502. The highest BCUT2D eigenvalue weighted by Crippen LogP contribution is 2.44. The van der Waals surface area contributed by atoms with E-state index in [1.165, 1.54) is 0 Å². The fourth-order valence-corrected chi connectivity index (χ4v) is 4.26. The molecule has 0 spiro atoms. The molecule has 0 saturated heterocycles. The van der Waals surface area contributed by atoms with Crippen LogP contribution in [0.5, 0.6) is 0 Å². The number of carbonyl (C=O) groups excluding carboxylic acids is 1. The number of aliphatic hydroxyl groups excluding tert-OH is 1. The van der Waals surface area contributed by atoms with Crippen molar-refractivity contribution < 1.29 is 24.5 Å². The summed E-state index contributed by atoms with van der Waals surface area (Å²) in [4.78, 5) is 23.7. The zero-order valence-corrected chi connectivity index (χ0v) is 17.5. The van der Waals surface area contributed by atoms with E-state index in [9.17, 15) is 14.7 Å². The second-order valence-corrected chi connectivity index (χ2v) is 7.93. The molecule has 0 fully saturated rings. The molecule has 6 heteroatoms. The number of aliphatic hydroxyl groups is 1. The third-order valence-electron chi connectivity index (χ3n) is 5.79. The molecule has 2 atom stereocenters. The van der Waals surface area contributed by atoms with Crippen molar-refractivity contribution in [2.75, 3.05) is 6.61 Å². The van der Waals surface area contributed by atoms with Crippen LogP contribution in [-0.2, 0) is 16.0 Å². The predicted molar refractivity (Wildman–Crippen MR) is 120 cm³/mol. The van der Waals surface area contributed by atoms with E-state index < -0.39 is 30.6 Å². The molecule has 0 saturated carbocycles. The molecule has 1 aliphatic rings. The Labute approximate surface area is 186 Å². The van der Waals surface area contributed by atoms with E-state index in [1.807, 2.05) is 66.7 Å². The summed E-state index contributed by atoms with van der Waals surface area (Å²) < 4.78 is 5.55. The molecule has 0 unspecified atom stereocenters. The first-order valence-electron chi connectivity index (χ1n) is 10.6. The van der Waals surface area contributed by atoms with E-state index in [1.54, 1.807) is 0 Å². The lowest BCUT2D eigenvalue weighted by atomic mass is 9.98. The Hall–Kier alpha value is -3.64. The number of amides is 1. The summed E-state index contributed by atoms with van der Waals surface area (Å²) >= 11 is 0. The smallest absolute Gasteiger partial charge is 0.407 e. The van der Waals surface area contributed by atoms with Gasteiger partial charge in [0.15, 0.2) is 0 Å². The van der Waals surface area contributed by atoms with E-state index in [0.717, 1.165) is 27.8 Å². The van der Waals surface area contributed by atoms with Crippen LogP contribution in [0.4, 0.5) is 4.79 Å². The lowest BCUT2D eigenvalue weighted by molar-refractivity contribution is -0.139. The van der Waals surface area contributed by atoms with E-state index in [0.29, 0.717) is 6.42 Å². The maximum Gasteiger partial charge on any atom is 0.407 e. The van der Waals surface area contributed by atoms with Crippen LogP contribution in [0, 0.1) is 0 Å². The topological polar surface area (TPSA) is 95.9 Å². The first-order valence-corrected chi connectivity index (χ1v) is 10.6. The molecule has 0 radical (unpaired) electrons. The van der Waals surface area contributed by atoms with Crippen LogP contribution in [0.2, 0.25) is 0 Å². The number of alkyl carbamates (subject to hydrolysis) is 1. The number of ether oxygens (including phenoxy) is 1. The van der Waals surface area contributed by atoms with Gasteiger partial charge < -0.3 is 20.3 Å². The maximum atomic E-state index is 12.6. The Morgan fingerprint density at radius 2 is 1.44 bits per heavy atom. The average molecular weight is 431 g/mol. The number of rotatable bonds is 8. The van der Waals surface area contributed by atoms with Crippen molar-refractivity contribution in [1.82, 2.24) is 5.32 Å². The number of nitrogens with one attached hydrogen (secondary N) is 1. The number of carboxylic acid groups (broad SMARTS) is 1. The summed E-state index contributed by atoms with van der Waals surface area (Å²) in [5.74, 6) is -1.21. The van der Waals surface area contributed by atoms with Gasteiger partial charge in [0.2, 0.25) is 0 Å². The van der Waals surface area contributed by atoms with Crippen molar-refractivity contribution in [2.45, 2.75) is 30.9 Å². The van der Waals surface area contributed by atoms with Gasteiger partial charge in [-0.15, -0.1) is 0 Å². The normalized spacial score (nSPS) is 14.2. The molecule has 0 heterocycles. The summed E-state index contributed by atoms with van der Waals surface area (Å²) in [6, 6.07) is 24.6. The van der Waals surface area contributed by atoms with Gasteiger partial charge >= 0.3 is 12.1 Å². The number of carbonyl (C=O) groups is 2. The third kappa shape index (κ3) is 4.81. The Morgan fingerprint density at radius 1 is 0.875 bits per heavy atom. The lowest BCUT2D eigenvalue weighted by Gasteiger charge is -2.24. The van der Waals surface area contributed by atoms with Crippen LogP contribution in [0.15, 0.2) is 78.9 Å². The average Bonchev–Trinajstić information content (AvgIpc) is 3.11. The molecule has 1 amide bonds.